The average molecular weight is 342 g/mol. The van der Waals surface area contributed by atoms with Crippen LogP contribution >= 0.6 is 0 Å². The first-order valence-corrected chi connectivity index (χ1v) is 8.25. The van der Waals surface area contributed by atoms with Crippen LogP contribution < -0.4 is 5.32 Å². The van der Waals surface area contributed by atoms with E-state index < -0.39 is 11.9 Å². The third kappa shape index (κ3) is 5.08. The van der Waals surface area contributed by atoms with Gasteiger partial charge in [0.15, 0.2) is 0 Å². The molecule has 25 heavy (non-hydrogen) atoms. The number of rotatable bonds is 5. The molecule has 0 radical (unpaired) electrons. The molecule has 1 saturated carbocycles. The van der Waals surface area contributed by atoms with E-state index in [1.165, 1.54) is 4.90 Å². The second kappa shape index (κ2) is 8.34. The molecule has 0 saturated heterocycles. The lowest BCUT2D eigenvalue weighted by atomic mass is 9.81. The van der Waals surface area contributed by atoms with Crippen molar-refractivity contribution in [1.82, 2.24) is 4.90 Å². The second-order valence-corrected chi connectivity index (χ2v) is 6.37. The summed E-state index contributed by atoms with van der Waals surface area (Å²) in [5, 5.41) is 11.8. The smallest absolute Gasteiger partial charge is 0.306 e. The monoisotopic (exact) mass is 342 g/mol. The summed E-state index contributed by atoms with van der Waals surface area (Å²) in [6, 6.07) is 6.90. The van der Waals surface area contributed by atoms with Gasteiger partial charge in [-0.3, -0.25) is 14.4 Å². The molecule has 2 amide bonds. The molecular weight excluding hydrogens is 320 g/mol. The van der Waals surface area contributed by atoms with Crippen LogP contribution in [0.15, 0.2) is 24.3 Å². The maximum absolute atomic E-state index is 12.5. The number of nitrogens with zero attached hydrogens (tertiary/aromatic N) is 1. The summed E-state index contributed by atoms with van der Waals surface area (Å²) in [7, 11) is 1.56. The Morgan fingerprint density at radius 3 is 2.72 bits per heavy atom. The van der Waals surface area contributed by atoms with E-state index in [4.69, 9.17) is 11.5 Å². The number of amides is 2. The van der Waals surface area contributed by atoms with Crippen molar-refractivity contribution in [1.29, 1.82) is 0 Å². The van der Waals surface area contributed by atoms with Crippen LogP contribution in [-0.4, -0.2) is 41.4 Å². The number of hydrogen-bond acceptors (Lipinski definition) is 3. The summed E-state index contributed by atoms with van der Waals surface area (Å²) < 4.78 is 0. The standard InChI is InChI=1S/C19H22N2O4/c1-3-13-6-4-9-16(10-13)20-17(22)12-21(2)18(23)14-7-5-8-15(11-14)19(24)25/h1,4,6,9-10,14-15H,5,7-8,11-12H2,2H3,(H,20,22)(H,24,25). The first-order chi connectivity index (χ1) is 11.9. The molecule has 1 aliphatic carbocycles. The maximum Gasteiger partial charge on any atom is 0.306 e. The molecule has 1 fully saturated rings. The topological polar surface area (TPSA) is 86.7 Å². The van der Waals surface area contributed by atoms with Crippen LogP contribution in [0.3, 0.4) is 0 Å². The van der Waals surface area contributed by atoms with Gasteiger partial charge in [0.25, 0.3) is 0 Å². The van der Waals surface area contributed by atoms with E-state index in [0.29, 0.717) is 36.9 Å². The quantitative estimate of drug-likeness (QED) is 0.801. The Bertz CT molecular complexity index is 708. The van der Waals surface area contributed by atoms with Gasteiger partial charge in [-0.15, -0.1) is 6.42 Å². The molecule has 2 unspecified atom stereocenters. The van der Waals surface area contributed by atoms with Crippen LogP contribution in [0.1, 0.15) is 31.2 Å². The number of aliphatic carboxylic acids is 1. The van der Waals surface area contributed by atoms with Gasteiger partial charge in [-0.2, -0.15) is 0 Å². The van der Waals surface area contributed by atoms with Gasteiger partial charge in [0.2, 0.25) is 11.8 Å². The van der Waals surface area contributed by atoms with Gasteiger partial charge < -0.3 is 15.3 Å². The van der Waals surface area contributed by atoms with Gasteiger partial charge in [-0.25, -0.2) is 0 Å². The van der Waals surface area contributed by atoms with Crippen molar-refractivity contribution in [2.45, 2.75) is 25.7 Å². The summed E-state index contributed by atoms with van der Waals surface area (Å²) in [5.74, 6) is 0.320. The number of nitrogens with one attached hydrogen (secondary N) is 1. The molecular formula is C19H22N2O4. The van der Waals surface area contributed by atoms with Crippen molar-refractivity contribution in [3.63, 3.8) is 0 Å². The molecule has 6 heteroatoms. The van der Waals surface area contributed by atoms with Crippen molar-refractivity contribution in [2.24, 2.45) is 11.8 Å². The number of benzene rings is 1. The predicted octanol–water partition coefficient (Wildman–Crippen LogP) is 1.96. The largest absolute Gasteiger partial charge is 0.481 e. The molecule has 0 aromatic heterocycles. The minimum Gasteiger partial charge on any atom is -0.481 e. The summed E-state index contributed by atoms with van der Waals surface area (Å²) in [6.07, 6.45) is 7.65. The molecule has 0 aliphatic heterocycles. The molecule has 0 bridgehead atoms. The normalized spacial score (nSPS) is 19.5. The van der Waals surface area contributed by atoms with Crippen LogP contribution in [0.4, 0.5) is 5.69 Å². The molecule has 0 spiro atoms. The van der Waals surface area contributed by atoms with E-state index in [0.717, 1.165) is 0 Å². The number of carboxylic acid groups (broad SMARTS) is 1. The first-order valence-electron chi connectivity index (χ1n) is 8.25. The average Bonchev–Trinajstić information content (AvgIpc) is 2.61. The summed E-state index contributed by atoms with van der Waals surface area (Å²) in [4.78, 5) is 37.1. The van der Waals surface area contributed by atoms with Crippen molar-refractivity contribution in [3.05, 3.63) is 29.8 Å². The van der Waals surface area contributed by atoms with Crippen LogP contribution in [0.5, 0.6) is 0 Å². The van der Waals surface area contributed by atoms with Crippen molar-refractivity contribution in [3.8, 4) is 12.3 Å². The summed E-state index contributed by atoms with van der Waals surface area (Å²) in [6.45, 7) is -0.0899. The molecule has 2 atom stereocenters. The SMILES string of the molecule is C#Cc1cccc(NC(=O)CN(C)C(=O)C2CCCC(C(=O)O)C2)c1. The maximum atomic E-state index is 12.5. The number of carboxylic acids is 1. The summed E-state index contributed by atoms with van der Waals surface area (Å²) >= 11 is 0. The zero-order valence-corrected chi connectivity index (χ0v) is 14.2. The van der Waals surface area contributed by atoms with Crippen LogP contribution in [0.2, 0.25) is 0 Å². The first kappa shape index (κ1) is 18.5. The van der Waals surface area contributed by atoms with E-state index in [-0.39, 0.29) is 24.3 Å². The van der Waals surface area contributed by atoms with Gasteiger partial charge >= 0.3 is 5.97 Å². The molecule has 1 aliphatic rings. The fourth-order valence-corrected chi connectivity index (χ4v) is 3.13. The Kier molecular flexibility index (Phi) is 6.18. The highest BCUT2D eigenvalue weighted by Crippen LogP contribution is 2.30. The lowest BCUT2D eigenvalue weighted by Gasteiger charge is -2.29. The van der Waals surface area contributed by atoms with Gasteiger partial charge in [0.05, 0.1) is 12.5 Å². The van der Waals surface area contributed by atoms with Crippen molar-refractivity contribution >= 4 is 23.5 Å². The molecule has 2 N–H and O–H groups in total. The third-order valence-electron chi connectivity index (χ3n) is 4.44. The van der Waals surface area contributed by atoms with E-state index in [1.54, 1.807) is 31.3 Å². The third-order valence-corrected chi connectivity index (χ3v) is 4.44. The Balaban J connectivity index is 1.90. The Morgan fingerprint density at radius 1 is 1.32 bits per heavy atom. The second-order valence-electron chi connectivity index (χ2n) is 6.37. The van der Waals surface area contributed by atoms with E-state index >= 15 is 0 Å². The molecule has 1 aromatic carbocycles. The van der Waals surface area contributed by atoms with Crippen LogP contribution in [0.25, 0.3) is 0 Å². The van der Waals surface area contributed by atoms with E-state index in [1.807, 2.05) is 0 Å². The molecule has 6 nitrogen and oxygen atoms in total. The Labute approximate surface area is 147 Å². The van der Waals surface area contributed by atoms with Gasteiger partial charge in [0, 0.05) is 24.2 Å². The van der Waals surface area contributed by atoms with E-state index in [2.05, 4.69) is 11.2 Å². The lowest BCUT2D eigenvalue weighted by molar-refractivity contribution is -0.145. The van der Waals surface area contributed by atoms with Crippen LogP contribution in [-0.2, 0) is 14.4 Å². The number of likely N-dealkylation sites (N-methyl/N-ethyl adjacent to an activating group) is 1. The lowest BCUT2D eigenvalue weighted by Crippen LogP contribution is -2.40. The van der Waals surface area contributed by atoms with Gasteiger partial charge in [-0.05, 0) is 37.5 Å². The number of carbonyl (C=O) groups is 3. The zero-order chi connectivity index (χ0) is 18.4. The fraction of sp³-hybridized carbons (Fsp3) is 0.421. The molecule has 1 aromatic rings. The molecule has 132 valence electrons. The van der Waals surface area contributed by atoms with Crippen molar-refractivity contribution < 1.29 is 19.5 Å². The minimum atomic E-state index is -0.855. The predicted molar refractivity (Wildman–Crippen MR) is 93.7 cm³/mol. The van der Waals surface area contributed by atoms with Crippen LogP contribution in [0, 0.1) is 24.2 Å². The molecule has 0 heterocycles. The van der Waals surface area contributed by atoms with Gasteiger partial charge in [-0.1, -0.05) is 18.4 Å². The molecule has 2 rings (SSSR count). The highest BCUT2D eigenvalue weighted by atomic mass is 16.4. The number of carbonyl (C=O) groups excluding carboxylic acids is 2. The Hall–Kier alpha value is -2.81. The van der Waals surface area contributed by atoms with Crippen molar-refractivity contribution in [2.75, 3.05) is 18.9 Å². The fourth-order valence-electron chi connectivity index (χ4n) is 3.13. The number of terminal acetylenes is 1. The highest BCUT2D eigenvalue weighted by molar-refractivity contribution is 5.95. The Morgan fingerprint density at radius 2 is 2.04 bits per heavy atom. The van der Waals surface area contributed by atoms with E-state index in [9.17, 15) is 14.4 Å². The number of anilines is 1. The minimum absolute atomic E-state index is 0.0899. The zero-order valence-electron chi connectivity index (χ0n) is 14.2. The summed E-state index contributed by atoms with van der Waals surface area (Å²) in [5.41, 5.74) is 1.23. The highest BCUT2D eigenvalue weighted by Gasteiger charge is 2.32. The number of hydrogen-bond donors (Lipinski definition) is 2. The van der Waals surface area contributed by atoms with Gasteiger partial charge in [0.1, 0.15) is 0 Å².